The first-order valence-corrected chi connectivity index (χ1v) is 10.4. The number of nitrogens with zero attached hydrogens (tertiary/aromatic N) is 1. The molecule has 152 valence electrons. The highest BCUT2D eigenvalue weighted by atomic mass is 32.2. The lowest BCUT2D eigenvalue weighted by Gasteiger charge is -2.27. The zero-order valence-corrected chi connectivity index (χ0v) is 18.1. The van der Waals surface area contributed by atoms with E-state index in [1.807, 2.05) is 33.8 Å². The summed E-state index contributed by atoms with van der Waals surface area (Å²) in [5, 5.41) is 2.82. The third-order valence-corrected chi connectivity index (χ3v) is 5.99. The average Bonchev–Trinajstić information content (AvgIpc) is 2.60. The average molecular weight is 405 g/mol. The number of hydrogen-bond donors (Lipinski definition) is 1. The minimum atomic E-state index is -3.95. The number of aryl methyl sites for hydroxylation is 2. The lowest BCUT2D eigenvalue weighted by atomic mass is 10.1. The molecular formula is C21H28N2O4S. The number of sulfonamides is 1. The SMILES string of the molecule is COc1ccc(N(CC(=O)NC(C)(C)C)S(=O)(=O)c2cc(C)ccc2C)cc1. The van der Waals surface area contributed by atoms with E-state index in [1.54, 1.807) is 43.3 Å². The van der Waals surface area contributed by atoms with Crippen LogP contribution >= 0.6 is 0 Å². The van der Waals surface area contributed by atoms with E-state index in [2.05, 4.69) is 5.32 Å². The van der Waals surface area contributed by atoms with Gasteiger partial charge in [-0.3, -0.25) is 9.10 Å². The quantitative estimate of drug-likeness (QED) is 0.800. The highest BCUT2D eigenvalue weighted by Crippen LogP contribution is 2.28. The van der Waals surface area contributed by atoms with E-state index in [1.165, 1.54) is 7.11 Å². The van der Waals surface area contributed by atoms with Crippen LogP contribution in [0.5, 0.6) is 5.75 Å². The van der Waals surface area contributed by atoms with Crippen molar-refractivity contribution < 1.29 is 17.9 Å². The number of carbonyl (C=O) groups excluding carboxylic acids is 1. The Kier molecular flexibility index (Phi) is 6.39. The molecule has 0 aliphatic heterocycles. The van der Waals surface area contributed by atoms with Gasteiger partial charge in [-0.05, 0) is 76.1 Å². The van der Waals surface area contributed by atoms with Crippen LogP contribution in [0.4, 0.5) is 5.69 Å². The standard InChI is InChI=1S/C21H28N2O4S/c1-15-7-8-16(2)19(13-15)28(25,26)23(14-20(24)22-21(3,4)5)17-9-11-18(27-6)12-10-17/h7-13H,14H2,1-6H3,(H,22,24). The topological polar surface area (TPSA) is 75.7 Å². The third kappa shape index (κ3) is 5.25. The zero-order valence-electron chi connectivity index (χ0n) is 17.2. The lowest BCUT2D eigenvalue weighted by Crippen LogP contribution is -2.47. The summed E-state index contributed by atoms with van der Waals surface area (Å²) in [5.74, 6) is 0.226. The van der Waals surface area contributed by atoms with E-state index in [4.69, 9.17) is 4.74 Å². The van der Waals surface area contributed by atoms with Gasteiger partial charge in [0.2, 0.25) is 5.91 Å². The van der Waals surface area contributed by atoms with Gasteiger partial charge in [0.25, 0.3) is 10.0 Å². The van der Waals surface area contributed by atoms with Crippen molar-refractivity contribution in [3.63, 3.8) is 0 Å². The fraction of sp³-hybridized carbons (Fsp3) is 0.381. The summed E-state index contributed by atoms with van der Waals surface area (Å²) in [6.45, 7) is 8.81. The van der Waals surface area contributed by atoms with E-state index in [0.29, 0.717) is 17.0 Å². The zero-order chi connectivity index (χ0) is 21.1. The maximum Gasteiger partial charge on any atom is 0.265 e. The second-order valence-corrected chi connectivity index (χ2v) is 9.61. The Morgan fingerprint density at radius 2 is 1.68 bits per heavy atom. The van der Waals surface area contributed by atoms with E-state index in [0.717, 1.165) is 9.87 Å². The molecule has 0 heterocycles. The van der Waals surface area contributed by atoms with Crippen molar-refractivity contribution >= 4 is 21.6 Å². The minimum absolute atomic E-state index is 0.187. The van der Waals surface area contributed by atoms with E-state index in [-0.39, 0.29) is 17.3 Å². The van der Waals surface area contributed by atoms with Crippen LogP contribution < -0.4 is 14.4 Å². The fourth-order valence-corrected chi connectivity index (χ4v) is 4.49. The molecule has 0 radical (unpaired) electrons. The molecular weight excluding hydrogens is 376 g/mol. The summed E-state index contributed by atoms with van der Waals surface area (Å²) in [7, 11) is -2.41. The first-order chi connectivity index (χ1) is 12.9. The van der Waals surface area contributed by atoms with Crippen molar-refractivity contribution in [3.05, 3.63) is 53.6 Å². The molecule has 1 amide bonds. The molecule has 0 fully saturated rings. The maximum absolute atomic E-state index is 13.5. The molecule has 7 heteroatoms. The summed E-state index contributed by atoms with van der Waals surface area (Å²) < 4.78 is 33.2. The van der Waals surface area contributed by atoms with Gasteiger partial charge >= 0.3 is 0 Å². The molecule has 0 saturated carbocycles. The molecule has 0 spiro atoms. The monoisotopic (exact) mass is 404 g/mol. The summed E-state index contributed by atoms with van der Waals surface area (Å²) in [4.78, 5) is 12.7. The smallest absolute Gasteiger partial charge is 0.265 e. The van der Waals surface area contributed by atoms with Crippen LogP contribution in [-0.4, -0.2) is 33.5 Å². The summed E-state index contributed by atoms with van der Waals surface area (Å²) in [6, 6.07) is 11.9. The number of methoxy groups -OCH3 is 1. The summed E-state index contributed by atoms with van der Waals surface area (Å²) in [5.41, 5.74) is 1.38. The number of rotatable bonds is 6. The molecule has 0 aliphatic carbocycles. The fourth-order valence-electron chi connectivity index (χ4n) is 2.76. The minimum Gasteiger partial charge on any atom is -0.497 e. The number of hydrogen-bond acceptors (Lipinski definition) is 4. The van der Waals surface area contributed by atoms with Gasteiger partial charge in [-0.2, -0.15) is 0 Å². The van der Waals surface area contributed by atoms with Gasteiger partial charge in [-0.1, -0.05) is 12.1 Å². The Bertz CT molecular complexity index is 945. The summed E-state index contributed by atoms with van der Waals surface area (Å²) >= 11 is 0. The van der Waals surface area contributed by atoms with Crippen LogP contribution in [0.2, 0.25) is 0 Å². The predicted molar refractivity (Wildman–Crippen MR) is 111 cm³/mol. The molecule has 2 aromatic rings. The molecule has 0 unspecified atom stereocenters. The number of anilines is 1. The number of nitrogens with one attached hydrogen (secondary N) is 1. The van der Waals surface area contributed by atoms with Crippen LogP contribution in [0, 0.1) is 13.8 Å². The van der Waals surface area contributed by atoms with Gasteiger partial charge < -0.3 is 10.1 Å². The Labute approximate surface area is 167 Å². The van der Waals surface area contributed by atoms with Crippen molar-refractivity contribution in [1.82, 2.24) is 5.32 Å². The Hall–Kier alpha value is -2.54. The number of benzene rings is 2. The molecule has 1 N–H and O–H groups in total. The van der Waals surface area contributed by atoms with E-state index in [9.17, 15) is 13.2 Å². The van der Waals surface area contributed by atoms with Gasteiger partial charge in [0.1, 0.15) is 12.3 Å². The van der Waals surface area contributed by atoms with Gasteiger partial charge in [-0.25, -0.2) is 8.42 Å². The predicted octanol–water partition coefficient (Wildman–Crippen LogP) is 3.42. The van der Waals surface area contributed by atoms with Crippen molar-refractivity contribution in [1.29, 1.82) is 0 Å². The largest absolute Gasteiger partial charge is 0.497 e. The van der Waals surface area contributed by atoms with Crippen molar-refractivity contribution in [2.75, 3.05) is 18.0 Å². The number of ether oxygens (including phenoxy) is 1. The molecule has 0 atom stereocenters. The molecule has 0 aliphatic rings. The normalized spacial score (nSPS) is 11.8. The molecule has 0 saturated heterocycles. The first-order valence-electron chi connectivity index (χ1n) is 8.99. The maximum atomic E-state index is 13.5. The van der Waals surface area contributed by atoms with Crippen molar-refractivity contribution in [2.45, 2.75) is 45.1 Å². The molecule has 28 heavy (non-hydrogen) atoms. The van der Waals surface area contributed by atoms with Crippen LogP contribution in [0.25, 0.3) is 0 Å². The number of carbonyl (C=O) groups is 1. The molecule has 0 aromatic heterocycles. The number of amides is 1. The van der Waals surface area contributed by atoms with Gasteiger partial charge in [0, 0.05) is 5.54 Å². The van der Waals surface area contributed by atoms with Crippen molar-refractivity contribution in [3.8, 4) is 5.75 Å². The lowest BCUT2D eigenvalue weighted by molar-refractivity contribution is -0.121. The Balaban J connectivity index is 2.52. The molecule has 2 aromatic carbocycles. The second-order valence-electron chi connectivity index (χ2n) is 7.78. The van der Waals surface area contributed by atoms with Crippen molar-refractivity contribution in [2.24, 2.45) is 0 Å². The Morgan fingerprint density at radius 1 is 1.07 bits per heavy atom. The van der Waals surface area contributed by atoms with Crippen LogP contribution in [-0.2, 0) is 14.8 Å². The van der Waals surface area contributed by atoms with Gasteiger partial charge in [0.15, 0.2) is 0 Å². The second kappa shape index (κ2) is 8.22. The Morgan fingerprint density at radius 3 is 2.21 bits per heavy atom. The molecule has 6 nitrogen and oxygen atoms in total. The van der Waals surface area contributed by atoms with Crippen LogP contribution in [0.15, 0.2) is 47.4 Å². The van der Waals surface area contributed by atoms with Gasteiger partial charge in [-0.15, -0.1) is 0 Å². The highest BCUT2D eigenvalue weighted by molar-refractivity contribution is 7.93. The van der Waals surface area contributed by atoms with Gasteiger partial charge in [0.05, 0.1) is 17.7 Å². The summed E-state index contributed by atoms with van der Waals surface area (Å²) in [6.07, 6.45) is 0. The molecule has 0 bridgehead atoms. The van der Waals surface area contributed by atoms with Crippen LogP contribution in [0.1, 0.15) is 31.9 Å². The third-order valence-electron chi connectivity index (χ3n) is 4.07. The van der Waals surface area contributed by atoms with E-state index >= 15 is 0 Å². The van der Waals surface area contributed by atoms with E-state index < -0.39 is 15.6 Å². The highest BCUT2D eigenvalue weighted by Gasteiger charge is 2.29. The first kappa shape index (κ1) is 21.8. The molecule has 2 rings (SSSR count). The van der Waals surface area contributed by atoms with Crippen LogP contribution in [0.3, 0.4) is 0 Å².